The van der Waals surface area contributed by atoms with Crippen molar-refractivity contribution in [2.24, 2.45) is 0 Å². The van der Waals surface area contributed by atoms with Gasteiger partial charge in [-0.3, -0.25) is 19.3 Å². The number of benzene rings is 1. The topological polar surface area (TPSA) is 69.7 Å². The number of hydrogen-bond acceptors (Lipinski definition) is 4. The SMILES string of the molecule is CCN(CC)CCCCNC(=O)CN1C(=O)c2ccccc2C1=O. The first kappa shape index (κ1) is 18.1. The third-order valence-electron chi connectivity index (χ3n) is 4.30. The maximum absolute atomic E-state index is 12.2. The number of amides is 3. The first-order valence-electron chi connectivity index (χ1n) is 8.52. The van der Waals surface area contributed by atoms with Gasteiger partial charge in [0.2, 0.25) is 5.91 Å². The zero-order valence-corrected chi connectivity index (χ0v) is 14.4. The number of fused-ring (bicyclic) bond motifs is 1. The van der Waals surface area contributed by atoms with Gasteiger partial charge in [0.1, 0.15) is 6.54 Å². The Kier molecular flexibility index (Phi) is 6.49. The van der Waals surface area contributed by atoms with Crippen LogP contribution in [0.4, 0.5) is 0 Å². The van der Waals surface area contributed by atoms with Gasteiger partial charge in [-0.2, -0.15) is 0 Å². The lowest BCUT2D eigenvalue weighted by Crippen LogP contribution is -2.40. The molecule has 1 N–H and O–H groups in total. The highest BCUT2D eigenvalue weighted by Crippen LogP contribution is 2.21. The van der Waals surface area contributed by atoms with Gasteiger partial charge in [-0.25, -0.2) is 0 Å². The molecule has 0 radical (unpaired) electrons. The molecule has 0 saturated heterocycles. The van der Waals surface area contributed by atoms with Crippen molar-refractivity contribution in [1.82, 2.24) is 15.1 Å². The van der Waals surface area contributed by atoms with Crippen molar-refractivity contribution in [3.05, 3.63) is 35.4 Å². The fourth-order valence-electron chi connectivity index (χ4n) is 2.81. The summed E-state index contributed by atoms with van der Waals surface area (Å²) >= 11 is 0. The van der Waals surface area contributed by atoms with Crippen LogP contribution in [0.25, 0.3) is 0 Å². The molecule has 6 nitrogen and oxygen atoms in total. The van der Waals surface area contributed by atoms with Crippen LogP contribution in [-0.2, 0) is 4.79 Å². The van der Waals surface area contributed by atoms with E-state index < -0.39 is 11.8 Å². The average molecular weight is 331 g/mol. The van der Waals surface area contributed by atoms with Gasteiger partial charge in [0.25, 0.3) is 11.8 Å². The average Bonchev–Trinajstić information content (AvgIpc) is 2.83. The van der Waals surface area contributed by atoms with Crippen molar-refractivity contribution in [3.63, 3.8) is 0 Å². The zero-order valence-electron chi connectivity index (χ0n) is 14.4. The van der Waals surface area contributed by atoms with E-state index in [0.29, 0.717) is 17.7 Å². The Morgan fingerprint density at radius 3 is 2.17 bits per heavy atom. The minimum atomic E-state index is -0.396. The predicted molar refractivity (Wildman–Crippen MR) is 91.8 cm³/mol. The summed E-state index contributed by atoms with van der Waals surface area (Å²) in [6, 6.07) is 6.65. The van der Waals surface area contributed by atoms with Gasteiger partial charge >= 0.3 is 0 Å². The molecule has 1 aromatic rings. The molecule has 0 aliphatic carbocycles. The predicted octanol–water partition coefficient (Wildman–Crippen LogP) is 1.52. The van der Waals surface area contributed by atoms with Crippen LogP contribution in [0, 0.1) is 0 Å². The van der Waals surface area contributed by atoms with E-state index in [-0.39, 0.29) is 12.5 Å². The molecule has 0 unspecified atom stereocenters. The Labute approximate surface area is 142 Å². The van der Waals surface area contributed by atoms with Gasteiger partial charge in [-0.1, -0.05) is 26.0 Å². The van der Waals surface area contributed by atoms with Crippen LogP contribution in [0.15, 0.2) is 24.3 Å². The number of carbonyl (C=O) groups excluding carboxylic acids is 3. The number of hydrogen-bond donors (Lipinski definition) is 1. The lowest BCUT2D eigenvalue weighted by Gasteiger charge is -2.17. The largest absolute Gasteiger partial charge is 0.355 e. The zero-order chi connectivity index (χ0) is 17.5. The first-order chi connectivity index (χ1) is 11.6. The van der Waals surface area contributed by atoms with Crippen LogP contribution in [0.3, 0.4) is 0 Å². The van der Waals surface area contributed by atoms with Crippen molar-refractivity contribution < 1.29 is 14.4 Å². The van der Waals surface area contributed by atoms with E-state index in [1.54, 1.807) is 24.3 Å². The monoisotopic (exact) mass is 331 g/mol. The number of imide groups is 1. The molecule has 2 rings (SSSR count). The van der Waals surface area contributed by atoms with Crippen LogP contribution < -0.4 is 5.32 Å². The molecule has 0 bridgehead atoms. The summed E-state index contributed by atoms with van der Waals surface area (Å²) in [6.45, 7) is 7.68. The van der Waals surface area contributed by atoms with Gasteiger partial charge in [-0.05, 0) is 44.6 Å². The molecule has 0 aromatic heterocycles. The Hall–Kier alpha value is -2.21. The highest BCUT2D eigenvalue weighted by Gasteiger charge is 2.36. The van der Waals surface area contributed by atoms with Crippen LogP contribution in [0.1, 0.15) is 47.4 Å². The maximum Gasteiger partial charge on any atom is 0.262 e. The molecule has 1 heterocycles. The minimum absolute atomic E-state index is 0.220. The van der Waals surface area contributed by atoms with Crippen LogP contribution >= 0.6 is 0 Å². The minimum Gasteiger partial charge on any atom is -0.355 e. The molecule has 0 spiro atoms. The fraction of sp³-hybridized carbons (Fsp3) is 0.500. The van der Waals surface area contributed by atoms with Crippen LogP contribution in [-0.4, -0.2) is 60.2 Å². The van der Waals surface area contributed by atoms with Gasteiger partial charge in [0, 0.05) is 6.54 Å². The number of carbonyl (C=O) groups is 3. The third kappa shape index (κ3) is 4.20. The molecule has 1 aliphatic heterocycles. The Bertz CT molecular complexity index is 576. The second kappa shape index (κ2) is 8.59. The van der Waals surface area contributed by atoms with E-state index in [2.05, 4.69) is 24.1 Å². The number of nitrogens with one attached hydrogen (secondary N) is 1. The van der Waals surface area contributed by atoms with Crippen molar-refractivity contribution >= 4 is 17.7 Å². The summed E-state index contributed by atoms with van der Waals surface area (Å²) in [5.74, 6) is -1.09. The van der Waals surface area contributed by atoms with Gasteiger partial charge in [0.05, 0.1) is 11.1 Å². The standard InChI is InChI=1S/C18H25N3O3/c1-3-20(4-2)12-8-7-11-19-16(22)13-21-17(23)14-9-5-6-10-15(14)18(21)24/h5-6,9-10H,3-4,7-8,11-13H2,1-2H3,(H,19,22). The van der Waals surface area contributed by atoms with Gasteiger partial charge < -0.3 is 10.2 Å². The van der Waals surface area contributed by atoms with Crippen molar-refractivity contribution in [1.29, 1.82) is 0 Å². The summed E-state index contributed by atoms with van der Waals surface area (Å²) in [5.41, 5.74) is 0.740. The Morgan fingerprint density at radius 2 is 1.62 bits per heavy atom. The second-order valence-corrected chi connectivity index (χ2v) is 5.83. The molecule has 1 aromatic carbocycles. The summed E-state index contributed by atoms with van der Waals surface area (Å²) in [4.78, 5) is 39.7. The Balaban J connectivity index is 1.74. The molecule has 24 heavy (non-hydrogen) atoms. The molecule has 130 valence electrons. The number of nitrogens with zero attached hydrogens (tertiary/aromatic N) is 2. The van der Waals surface area contributed by atoms with Crippen molar-refractivity contribution in [2.75, 3.05) is 32.7 Å². The molecule has 1 aliphatic rings. The van der Waals surface area contributed by atoms with E-state index in [4.69, 9.17) is 0 Å². The molecular weight excluding hydrogens is 306 g/mol. The normalized spacial score (nSPS) is 13.5. The highest BCUT2D eigenvalue weighted by atomic mass is 16.2. The quantitative estimate of drug-likeness (QED) is 0.550. The van der Waals surface area contributed by atoms with E-state index in [1.807, 2.05) is 0 Å². The number of unbranched alkanes of at least 4 members (excludes halogenated alkanes) is 1. The number of rotatable bonds is 9. The van der Waals surface area contributed by atoms with Crippen molar-refractivity contribution in [3.8, 4) is 0 Å². The molecular formula is C18H25N3O3. The second-order valence-electron chi connectivity index (χ2n) is 5.83. The van der Waals surface area contributed by atoms with E-state index >= 15 is 0 Å². The smallest absolute Gasteiger partial charge is 0.262 e. The summed E-state index contributed by atoms with van der Waals surface area (Å²) < 4.78 is 0. The van der Waals surface area contributed by atoms with Gasteiger partial charge in [0.15, 0.2) is 0 Å². The highest BCUT2D eigenvalue weighted by molar-refractivity contribution is 6.22. The lowest BCUT2D eigenvalue weighted by molar-refractivity contribution is -0.121. The molecule has 3 amide bonds. The van der Waals surface area contributed by atoms with Gasteiger partial charge in [-0.15, -0.1) is 0 Å². The molecule has 0 saturated carbocycles. The lowest BCUT2D eigenvalue weighted by atomic mass is 10.1. The van der Waals surface area contributed by atoms with Crippen molar-refractivity contribution in [2.45, 2.75) is 26.7 Å². The van der Waals surface area contributed by atoms with E-state index in [1.165, 1.54) is 0 Å². The molecule has 0 fully saturated rings. The van der Waals surface area contributed by atoms with E-state index in [0.717, 1.165) is 37.4 Å². The summed E-state index contributed by atoms with van der Waals surface area (Å²) in [7, 11) is 0. The summed E-state index contributed by atoms with van der Waals surface area (Å²) in [5, 5.41) is 2.78. The summed E-state index contributed by atoms with van der Waals surface area (Å²) in [6.07, 6.45) is 1.89. The van der Waals surface area contributed by atoms with Crippen LogP contribution in [0.2, 0.25) is 0 Å². The van der Waals surface area contributed by atoms with E-state index in [9.17, 15) is 14.4 Å². The van der Waals surface area contributed by atoms with Crippen LogP contribution in [0.5, 0.6) is 0 Å². The maximum atomic E-state index is 12.2. The third-order valence-corrected chi connectivity index (χ3v) is 4.30. The first-order valence-corrected chi connectivity index (χ1v) is 8.52. The molecule has 0 atom stereocenters. The molecule has 6 heteroatoms. The Morgan fingerprint density at radius 1 is 1.04 bits per heavy atom. The fourth-order valence-corrected chi connectivity index (χ4v) is 2.81.